The molecule has 0 radical (unpaired) electrons. The van der Waals surface area contributed by atoms with Crippen molar-refractivity contribution in [3.05, 3.63) is 60.3 Å². The van der Waals surface area contributed by atoms with Crippen LogP contribution in [0.4, 0.5) is 18.9 Å². The first-order chi connectivity index (χ1) is 13.7. The van der Waals surface area contributed by atoms with E-state index >= 15 is 0 Å². The zero-order chi connectivity index (χ0) is 21.0. The minimum absolute atomic E-state index is 0.136. The van der Waals surface area contributed by atoms with E-state index in [-0.39, 0.29) is 24.6 Å². The van der Waals surface area contributed by atoms with Gasteiger partial charge in [-0.1, -0.05) is 18.2 Å². The Labute approximate surface area is 164 Å². The Hall–Kier alpha value is -3.49. The maximum Gasteiger partial charge on any atom is 0.573 e. The highest BCUT2D eigenvalue weighted by atomic mass is 19.4. The number of carbonyl (C=O) groups excluding carboxylic acids is 2. The van der Waals surface area contributed by atoms with Crippen molar-refractivity contribution in [2.24, 2.45) is 0 Å². The number of nitrogens with zero attached hydrogens (tertiary/aromatic N) is 1. The highest BCUT2D eigenvalue weighted by molar-refractivity contribution is 5.95. The summed E-state index contributed by atoms with van der Waals surface area (Å²) in [6, 6.07) is 12.3. The Morgan fingerprint density at radius 2 is 1.79 bits per heavy atom. The number of para-hydroxylation sites is 1. The topological polar surface area (TPSA) is 74.4 Å². The molecule has 0 aliphatic rings. The van der Waals surface area contributed by atoms with Crippen LogP contribution in [0.2, 0.25) is 0 Å². The van der Waals surface area contributed by atoms with Crippen LogP contribution >= 0.6 is 0 Å². The lowest BCUT2D eigenvalue weighted by Crippen LogP contribution is -2.35. The lowest BCUT2D eigenvalue weighted by Gasteiger charge is -2.17. The molecule has 0 aliphatic heterocycles. The number of ether oxygens (including phenoxy) is 1. The number of anilines is 1. The van der Waals surface area contributed by atoms with Crippen molar-refractivity contribution in [3.8, 4) is 5.75 Å². The molecule has 152 valence electrons. The molecule has 29 heavy (non-hydrogen) atoms. The number of hydrogen-bond donors (Lipinski definition) is 2. The molecule has 0 aliphatic carbocycles. The van der Waals surface area contributed by atoms with E-state index in [1.54, 1.807) is 6.20 Å². The molecule has 0 fully saturated rings. The molecule has 0 unspecified atom stereocenters. The Morgan fingerprint density at radius 3 is 2.48 bits per heavy atom. The number of amides is 2. The third-order valence-corrected chi connectivity index (χ3v) is 4.19. The van der Waals surface area contributed by atoms with Crippen LogP contribution in [0.25, 0.3) is 10.9 Å². The number of benzene rings is 2. The van der Waals surface area contributed by atoms with E-state index in [1.807, 2.05) is 24.3 Å². The van der Waals surface area contributed by atoms with Crippen LogP contribution in [0.5, 0.6) is 5.75 Å². The first kappa shape index (κ1) is 20.2. The van der Waals surface area contributed by atoms with E-state index in [1.165, 1.54) is 24.1 Å². The van der Waals surface area contributed by atoms with Crippen molar-refractivity contribution in [2.75, 3.05) is 18.9 Å². The fourth-order valence-corrected chi connectivity index (χ4v) is 2.82. The van der Waals surface area contributed by atoms with Crippen molar-refractivity contribution in [2.45, 2.75) is 12.8 Å². The first-order valence-corrected chi connectivity index (χ1v) is 8.66. The number of halogens is 3. The number of alkyl halides is 3. The SMILES string of the molecule is CN(CC(=O)Nc1ccc(OC(F)(F)F)cc1)C(=O)Cc1c[nH]c2ccccc12. The number of carbonyl (C=O) groups is 2. The van der Waals surface area contributed by atoms with E-state index in [0.29, 0.717) is 5.69 Å². The van der Waals surface area contributed by atoms with Gasteiger partial charge >= 0.3 is 6.36 Å². The van der Waals surface area contributed by atoms with Gasteiger partial charge in [0, 0.05) is 29.8 Å². The molecular formula is C20H18F3N3O3. The molecule has 3 aromatic rings. The van der Waals surface area contributed by atoms with Crippen molar-refractivity contribution in [1.29, 1.82) is 0 Å². The fourth-order valence-electron chi connectivity index (χ4n) is 2.82. The number of rotatable bonds is 6. The summed E-state index contributed by atoms with van der Waals surface area (Å²) < 4.78 is 40.3. The normalized spacial score (nSPS) is 11.3. The van der Waals surface area contributed by atoms with Gasteiger partial charge in [-0.25, -0.2) is 0 Å². The largest absolute Gasteiger partial charge is 0.573 e. The second kappa shape index (κ2) is 8.26. The summed E-state index contributed by atoms with van der Waals surface area (Å²) in [6.45, 7) is -0.192. The van der Waals surface area contributed by atoms with Gasteiger partial charge in [-0.15, -0.1) is 13.2 Å². The summed E-state index contributed by atoms with van der Waals surface area (Å²) in [5.74, 6) is -1.09. The summed E-state index contributed by atoms with van der Waals surface area (Å²) in [4.78, 5) is 28.9. The van der Waals surface area contributed by atoms with Gasteiger partial charge in [-0.2, -0.15) is 0 Å². The Morgan fingerprint density at radius 1 is 1.10 bits per heavy atom. The fraction of sp³-hybridized carbons (Fsp3) is 0.200. The van der Waals surface area contributed by atoms with Crippen molar-refractivity contribution in [3.63, 3.8) is 0 Å². The lowest BCUT2D eigenvalue weighted by molar-refractivity contribution is -0.274. The number of aromatic nitrogens is 1. The summed E-state index contributed by atoms with van der Waals surface area (Å²) in [5, 5.41) is 3.47. The molecule has 2 aromatic carbocycles. The molecular weight excluding hydrogens is 387 g/mol. The Kier molecular flexibility index (Phi) is 5.76. The molecule has 0 saturated heterocycles. The first-order valence-electron chi connectivity index (χ1n) is 8.66. The van der Waals surface area contributed by atoms with Gasteiger partial charge in [0.25, 0.3) is 0 Å². The Balaban J connectivity index is 1.54. The summed E-state index contributed by atoms with van der Waals surface area (Å²) in [6.07, 6.45) is -2.88. The Bertz CT molecular complexity index is 1010. The molecule has 0 bridgehead atoms. The van der Waals surface area contributed by atoms with Crippen molar-refractivity contribution < 1.29 is 27.5 Å². The third kappa shape index (κ3) is 5.50. The van der Waals surface area contributed by atoms with Crippen LogP contribution in [0.1, 0.15) is 5.56 Å². The molecule has 1 heterocycles. The summed E-state index contributed by atoms with van der Waals surface area (Å²) >= 11 is 0. The van der Waals surface area contributed by atoms with E-state index in [0.717, 1.165) is 28.6 Å². The number of likely N-dealkylation sites (N-methyl/N-ethyl adjacent to an activating group) is 1. The van der Waals surface area contributed by atoms with E-state index in [2.05, 4.69) is 15.0 Å². The number of aromatic amines is 1. The average molecular weight is 405 g/mol. The van der Waals surface area contributed by atoms with Gasteiger partial charge in [-0.3, -0.25) is 9.59 Å². The third-order valence-electron chi connectivity index (χ3n) is 4.19. The molecule has 0 saturated carbocycles. The number of hydrogen-bond acceptors (Lipinski definition) is 3. The summed E-state index contributed by atoms with van der Waals surface area (Å²) in [5.41, 5.74) is 2.05. The van der Waals surface area contributed by atoms with Crippen LogP contribution in [-0.4, -0.2) is 41.7 Å². The molecule has 3 rings (SSSR count). The highest BCUT2D eigenvalue weighted by Crippen LogP contribution is 2.24. The van der Waals surface area contributed by atoms with Crippen LogP contribution in [0.3, 0.4) is 0 Å². The zero-order valence-electron chi connectivity index (χ0n) is 15.4. The molecule has 0 spiro atoms. The highest BCUT2D eigenvalue weighted by Gasteiger charge is 2.31. The smallest absolute Gasteiger partial charge is 0.406 e. The van der Waals surface area contributed by atoms with Crippen LogP contribution < -0.4 is 10.1 Å². The number of H-pyrrole nitrogens is 1. The second-order valence-electron chi connectivity index (χ2n) is 6.41. The van der Waals surface area contributed by atoms with Gasteiger partial charge in [0.1, 0.15) is 5.75 Å². The van der Waals surface area contributed by atoms with Crippen molar-refractivity contribution in [1.82, 2.24) is 9.88 Å². The van der Waals surface area contributed by atoms with Gasteiger partial charge in [0.15, 0.2) is 0 Å². The van der Waals surface area contributed by atoms with Gasteiger partial charge in [0.2, 0.25) is 11.8 Å². The molecule has 6 nitrogen and oxygen atoms in total. The quantitative estimate of drug-likeness (QED) is 0.657. The van der Waals surface area contributed by atoms with Crippen LogP contribution in [0, 0.1) is 0 Å². The van der Waals surface area contributed by atoms with E-state index in [9.17, 15) is 22.8 Å². The molecule has 1 aromatic heterocycles. The van der Waals surface area contributed by atoms with Crippen molar-refractivity contribution >= 4 is 28.4 Å². The molecule has 0 atom stereocenters. The number of nitrogens with one attached hydrogen (secondary N) is 2. The van der Waals surface area contributed by atoms with E-state index in [4.69, 9.17) is 0 Å². The average Bonchev–Trinajstić information content (AvgIpc) is 3.05. The van der Waals surface area contributed by atoms with E-state index < -0.39 is 12.3 Å². The standard InChI is InChI=1S/C20H18F3N3O3/c1-26(19(28)10-13-11-24-17-5-3-2-4-16(13)17)12-18(27)25-14-6-8-15(9-7-14)29-20(21,22)23/h2-9,11,24H,10,12H2,1H3,(H,25,27). The molecule has 2 amide bonds. The maximum absolute atomic E-state index is 12.4. The molecule has 2 N–H and O–H groups in total. The van der Waals surface area contributed by atoms with Crippen LogP contribution in [-0.2, 0) is 16.0 Å². The zero-order valence-corrected chi connectivity index (χ0v) is 15.4. The van der Waals surface area contributed by atoms with Gasteiger partial charge < -0.3 is 19.9 Å². The van der Waals surface area contributed by atoms with Gasteiger partial charge in [0.05, 0.1) is 13.0 Å². The maximum atomic E-state index is 12.4. The van der Waals surface area contributed by atoms with Crippen LogP contribution in [0.15, 0.2) is 54.7 Å². The minimum atomic E-state index is -4.78. The number of fused-ring (bicyclic) bond motifs is 1. The second-order valence-corrected chi connectivity index (χ2v) is 6.41. The minimum Gasteiger partial charge on any atom is -0.406 e. The predicted octanol–water partition coefficient (Wildman–Crippen LogP) is 3.71. The lowest BCUT2D eigenvalue weighted by atomic mass is 10.1. The predicted molar refractivity (Wildman–Crippen MR) is 101 cm³/mol. The monoisotopic (exact) mass is 405 g/mol. The summed E-state index contributed by atoms with van der Waals surface area (Å²) in [7, 11) is 1.51. The van der Waals surface area contributed by atoms with Gasteiger partial charge in [-0.05, 0) is 35.9 Å². The molecule has 9 heteroatoms.